The molecule has 1 aliphatic heterocycles. The molecule has 0 spiro atoms. The van der Waals surface area contributed by atoms with Gasteiger partial charge in [-0.15, -0.1) is 0 Å². The van der Waals surface area contributed by atoms with Crippen LogP contribution in [0.15, 0.2) is 12.3 Å². The number of carbonyl (C=O) groups excluding carboxylic acids is 1. The number of nitrogens with one attached hydrogen (secondary N) is 1. The topological polar surface area (TPSA) is 71.2 Å². The first kappa shape index (κ1) is 10.7. The van der Waals surface area contributed by atoms with Crippen molar-refractivity contribution >= 4 is 23.1 Å². The van der Waals surface area contributed by atoms with Gasteiger partial charge in [-0.05, 0) is 12.8 Å². The molecular weight excluding hydrogens is 204 g/mol. The molecule has 5 nitrogen and oxygen atoms in total. The summed E-state index contributed by atoms with van der Waals surface area (Å²) in [5.74, 6) is 0.369. The monoisotopic (exact) mass is 220 g/mol. The van der Waals surface area contributed by atoms with Gasteiger partial charge >= 0.3 is 0 Å². The lowest BCUT2D eigenvalue weighted by Crippen LogP contribution is -2.19. The fourth-order valence-corrected chi connectivity index (χ4v) is 1.93. The van der Waals surface area contributed by atoms with Gasteiger partial charge < -0.3 is 16.0 Å². The van der Waals surface area contributed by atoms with Gasteiger partial charge in [0.2, 0.25) is 5.91 Å². The fourth-order valence-electron chi connectivity index (χ4n) is 1.93. The van der Waals surface area contributed by atoms with Crippen LogP contribution in [0.25, 0.3) is 0 Å². The van der Waals surface area contributed by atoms with Crippen LogP contribution in [0.2, 0.25) is 0 Å². The molecule has 0 bridgehead atoms. The van der Waals surface area contributed by atoms with E-state index in [1.54, 1.807) is 12.3 Å². The SMILES string of the molecule is CC(=O)Nc1cc(N)c(N2CCCC2)cn1. The second-order valence-electron chi connectivity index (χ2n) is 4.00. The van der Waals surface area contributed by atoms with Crippen LogP contribution >= 0.6 is 0 Å². The zero-order valence-electron chi connectivity index (χ0n) is 9.36. The zero-order chi connectivity index (χ0) is 11.5. The maximum Gasteiger partial charge on any atom is 0.222 e. The Bertz CT molecular complexity index is 399. The molecule has 0 unspecified atom stereocenters. The maximum atomic E-state index is 10.9. The van der Waals surface area contributed by atoms with Crippen molar-refractivity contribution in [3.05, 3.63) is 12.3 Å². The van der Waals surface area contributed by atoms with Crippen LogP contribution < -0.4 is 16.0 Å². The van der Waals surface area contributed by atoms with Crippen LogP contribution in [0, 0.1) is 0 Å². The van der Waals surface area contributed by atoms with E-state index in [-0.39, 0.29) is 5.91 Å². The Labute approximate surface area is 94.6 Å². The van der Waals surface area contributed by atoms with E-state index < -0.39 is 0 Å². The van der Waals surface area contributed by atoms with Crippen LogP contribution in [0.4, 0.5) is 17.2 Å². The predicted octanol–water partition coefficient (Wildman–Crippen LogP) is 1.22. The zero-order valence-corrected chi connectivity index (χ0v) is 9.36. The normalized spacial score (nSPS) is 15.2. The number of nitrogens with zero attached hydrogens (tertiary/aromatic N) is 2. The molecule has 0 aromatic carbocycles. The summed E-state index contributed by atoms with van der Waals surface area (Å²) >= 11 is 0. The number of hydrogen-bond donors (Lipinski definition) is 2. The predicted molar refractivity (Wildman–Crippen MR) is 64.4 cm³/mol. The van der Waals surface area contributed by atoms with Gasteiger partial charge in [-0.2, -0.15) is 0 Å². The van der Waals surface area contributed by atoms with E-state index in [1.165, 1.54) is 19.8 Å². The van der Waals surface area contributed by atoms with Gasteiger partial charge in [0, 0.05) is 26.1 Å². The van der Waals surface area contributed by atoms with Gasteiger partial charge in [-0.3, -0.25) is 4.79 Å². The average molecular weight is 220 g/mol. The second kappa shape index (κ2) is 4.38. The molecule has 0 saturated carbocycles. The summed E-state index contributed by atoms with van der Waals surface area (Å²) in [4.78, 5) is 17.3. The highest BCUT2D eigenvalue weighted by Gasteiger charge is 2.15. The van der Waals surface area contributed by atoms with Crippen molar-refractivity contribution in [2.24, 2.45) is 0 Å². The minimum absolute atomic E-state index is 0.138. The van der Waals surface area contributed by atoms with Crippen molar-refractivity contribution < 1.29 is 4.79 Å². The first-order valence-corrected chi connectivity index (χ1v) is 5.45. The van der Waals surface area contributed by atoms with E-state index in [0.29, 0.717) is 11.5 Å². The van der Waals surface area contributed by atoms with Gasteiger partial charge in [-0.1, -0.05) is 0 Å². The van der Waals surface area contributed by atoms with Crippen molar-refractivity contribution in [3.63, 3.8) is 0 Å². The summed E-state index contributed by atoms with van der Waals surface area (Å²) in [6.45, 7) is 3.52. The smallest absolute Gasteiger partial charge is 0.222 e. The number of carbonyl (C=O) groups is 1. The van der Waals surface area contributed by atoms with E-state index in [2.05, 4.69) is 15.2 Å². The minimum Gasteiger partial charge on any atom is -0.397 e. The molecule has 0 atom stereocenters. The number of aromatic nitrogens is 1. The highest BCUT2D eigenvalue weighted by molar-refractivity contribution is 5.88. The first-order valence-electron chi connectivity index (χ1n) is 5.45. The quantitative estimate of drug-likeness (QED) is 0.786. The van der Waals surface area contributed by atoms with Crippen LogP contribution in [0.3, 0.4) is 0 Å². The molecule has 86 valence electrons. The molecule has 1 aromatic rings. The molecule has 3 N–H and O–H groups in total. The molecule has 2 rings (SSSR count). The van der Waals surface area contributed by atoms with E-state index in [4.69, 9.17) is 5.73 Å². The molecule has 1 saturated heterocycles. The molecule has 1 aromatic heterocycles. The number of amides is 1. The van der Waals surface area contributed by atoms with Gasteiger partial charge in [0.1, 0.15) is 5.82 Å². The first-order chi connectivity index (χ1) is 7.66. The largest absolute Gasteiger partial charge is 0.397 e. The fraction of sp³-hybridized carbons (Fsp3) is 0.455. The summed E-state index contributed by atoms with van der Waals surface area (Å²) in [5.41, 5.74) is 7.58. The Kier molecular flexibility index (Phi) is 2.94. The van der Waals surface area contributed by atoms with Crippen molar-refractivity contribution in [3.8, 4) is 0 Å². The van der Waals surface area contributed by atoms with E-state index in [9.17, 15) is 4.79 Å². The number of nitrogens with two attached hydrogens (primary N) is 1. The van der Waals surface area contributed by atoms with Crippen molar-refractivity contribution in [2.75, 3.05) is 29.0 Å². The third-order valence-electron chi connectivity index (χ3n) is 2.66. The highest BCUT2D eigenvalue weighted by Crippen LogP contribution is 2.27. The van der Waals surface area contributed by atoms with Crippen molar-refractivity contribution in [1.29, 1.82) is 0 Å². The summed E-state index contributed by atoms with van der Waals surface area (Å²) in [6, 6.07) is 1.70. The highest BCUT2D eigenvalue weighted by atomic mass is 16.1. The maximum absolute atomic E-state index is 10.9. The molecule has 0 radical (unpaired) electrons. The van der Waals surface area contributed by atoms with Gasteiger partial charge in [0.05, 0.1) is 17.6 Å². The number of hydrogen-bond acceptors (Lipinski definition) is 4. The molecule has 1 fully saturated rings. The summed E-state index contributed by atoms with van der Waals surface area (Å²) < 4.78 is 0. The van der Waals surface area contributed by atoms with E-state index in [1.807, 2.05) is 0 Å². The van der Waals surface area contributed by atoms with Gasteiger partial charge in [-0.25, -0.2) is 4.98 Å². The second-order valence-corrected chi connectivity index (χ2v) is 4.00. The van der Waals surface area contributed by atoms with Gasteiger partial charge in [0.25, 0.3) is 0 Å². The third kappa shape index (κ3) is 2.24. The molecule has 16 heavy (non-hydrogen) atoms. The average Bonchev–Trinajstić information content (AvgIpc) is 2.69. The molecule has 2 heterocycles. The summed E-state index contributed by atoms with van der Waals surface area (Å²) in [5, 5.41) is 2.61. The number of pyridine rings is 1. The Hall–Kier alpha value is -1.78. The molecule has 0 aliphatic carbocycles. The van der Waals surface area contributed by atoms with Crippen LogP contribution in [0.1, 0.15) is 19.8 Å². The lowest BCUT2D eigenvalue weighted by molar-refractivity contribution is -0.114. The molecule has 1 aliphatic rings. The van der Waals surface area contributed by atoms with Crippen LogP contribution in [-0.4, -0.2) is 24.0 Å². The Morgan fingerprint density at radius 2 is 2.19 bits per heavy atom. The Balaban J connectivity index is 2.18. The van der Waals surface area contributed by atoms with Crippen molar-refractivity contribution in [1.82, 2.24) is 4.98 Å². The van der Waals surface area contributed by atoms with E-state index >= 15 is 0 Å². The van der Waals surface area contributed by atoms with Crippen molar-refractivity contribution in [2.45, 2.75) is 19.8 Å². The van der Waals surface area contributed by atoms with Crippen LogP contribution in [-0.2, 0) is 4.79 Å². The van der Waals surface area contributed by atoms with E-state index in [0.717, 1.165) is 18.8 Å². The number of anilines is 3. The molecule has 1 amide bonds. The Morgan fingerprint density at radius 1 is 1.50 bits per heavy atom. The summed E-state index contributed by atoms with van der Waals surface area (Å²) in [7, 11) is 0. The standard InChI is InChI=1S/C11H16N4O/c1-8(16)14-11-6-9(12)10(7-13-11)15-4-2-3-5-15/h6-7H,2-5H2,1H3,(H3,12,13,14,16). The Morgan fingerprint density at radius 3 is 2.75 bits per heavy atom. The molecular formula is C11H16N4O. The van der Waals surface area contributed by atoms with Gasteiger partial charge in [0.15, 0.2) is 0 Å². The number of nitrogen functional groups attached to an aromatic ring is 1. The summed E-state index contributed by atoms with van der Waals surface area (Å²) in [6.07, 6.45) is 4.13. The van der Waals surface area contributed by atoms with Crippen LogP contribution in [0.5, 0.6) is 0 Å². The number of rotatable bonds is 2. The molecule has 5 heteroatoms. The lowest BCUT2D eigenvalue weighted by atomic mass is 10.3. The minimum atomic E-state index is -0.138. The lowest BCUT2D eigenvalue weighted by Gasteiger charge is -2.19. The third-order valence-corrected chi connectivity index (χ3v) is 2.66.